The molecule has 4 nitrogen and oxygen atoms in total. The molecule has 0 aliphatic carbocycles. The Morgan fingerprint density at radius 3 is 2.83 bits per heavy atom. The molecule has 0 saturated carbocycles. The first-order valence-electron chi connectivity index (χ1n) is 6.13. The molecule has 18 heavy (non-hydrogen) atoms. The minimum absolute atomic E-state index is 0.220. The van der Waals surface area contributed by atoms with Gasteiger partial charge in [0.15, 0.2) is 0 Å². The van der Waals surface area contributed by atoms with Crippen LogP contribution in [0.3, 0.4) is 0 Å². The van der Waals surface area contributed by atoms with Crippen LogP contribution in [-0.2, 0) is 16.1 Å². The van der Waals surface area contributed by atoms with Gasteiger partial charge in [-0.3, -0.25) is 14.7 Å². The Morgan fingerprint density at radius 2 is 2.22 bits per heavy atom. The van der Waals surface area contributed by atoms with Gasteiger partial charge >= 0.3 is 5.97 Å². The Labute approximate surface area is 107 Å². The molecule has 0 fully saturated rings. The largest absolute Gasteiger partial charge is 0.465 e. The molecule has 0 aliphatic rings. The summed E-state index contributed by atoms with van der Waals surface area (Å²) in [6.45, 7) is 5.66. The molecule has 0 unspecified atom stereocenters. The number of carbonyl (C=O) groups is 1. The molecule has 1 aromatic rings. The van der Waals surface area contributed by atoms with E-state index in [2.05, 4.69) is 4.98 Å². The smallest absolute Gasteiger partial charge is 0.320 e. The van der Waals surface area contributed by atoms with Crippen molar-refractivity contribution in [3.8, 4) is 0 Å². The number of nitrogens with zero attached hydrogens (tertiary/aromatic N) is 2. The molecule has 0 saturated heterocycles. The second kappa shape index (κ2) is 7.76. The molecule has 0 bridgehead atoms. The van der Waals surface area contributed by atoms with E-state index in [1.807, 2.05) is 11.8 Å². The second-order valence-corrected chi connectivity index (χ2v) is 4.03. The van der Waals surface area contributed by atoms with E-state index in [1.54, 1.807) is 13.1 Å². The summed E-state index contributed by atoms with van der Waals surface area (Å²) in [5, 5.41) is 0. The lowest BCUT2D eigenvalue weighted by molar-refractivity contribution is -0.144. The standard InChI is InChI=1S/C13H19FN2O2/c1-3-5-16(10-13(17)18-4-2)9-11-6-12(14)8-15-7-11/h6-8H,3-5,9-10H2,1-2H3. The highest BCUT2D eigenvalue weighted by Crippen LogP contribution is 2.06. The number of rotatable bonds is 7. The Balaban J connectivity index is 2.59. The summed E-state index contributed by atoms with van der Waals surface area (Å²) in [6.07, 6.45) is 3.69. The molecule has 0 amide bonds. The normalized spacial score (nSPS) is 10.7. The predicted molar refractivity (Wildman–Crippen MR) is 66.4 cm³/mol. The summed E-state index contributed by atoms with van der Waals surface area (Å²) in [7, 11) is 0. The Bertz CT molecular complexity index is 385. The zero-order valence-corrected chi connectivity index (χ0v) is 10.9. The lowest BCUT2D eigenvalue weighted by Crippen LogP contribution is -2.31. The third-order valence-electron chi connectivity index (χ3n) is 2.37. The zero-order valence-electron chi connectivity index (χ0n) is 10.9. The number of pyridine rings is 1. The quantitative estimate of drug-likeness (QED) is 0.698. The van der Waals surface area contributed by atoms with Gasteiger partial charge < -0.3 is 4.74 Å². The molecule has 1 rings (SSSR count). The summed E-state index contributed by atoms with van der Waals surface area (Å²) < 4.78 is 17.9. The SMILES string of the molecule is CCCN(CC(=O)OCC)Cc1cncc(F)c1. The van der Waals surface area contributed by atoms with E-state index in [0.29, 0.717) is 13.2 Å². The van der Waals surface area contributed by atoms with Crippen LogP contribution < -0.4 is 0 Å². The fourth-order valence-corrected chi connectivity index (χ4v) is 1.72. The van der Waals surface area contributed by atoms with Gasteiger partial charge in [-0.2, -0.15) is 0 Å². The van der Waals surface area contributed by atoms with Crippen LogP contribution in [-0.4, -0.2) is 35.5 Å². The fourth-order valence-electron chi connectivity index (χ4n) is 1.72. The molecule has 5 heteroatoms. The molecule has 1 aromatic heterocycles. The van der Waals surface area contributed by atoms with Crippen LogP contribution in [0.4, 0.5) is 4.39 Å². The lowest BCUT2D eigenvalue weighted by atomic mass is 10.2. The van der Waals surface area contributed by atoms with Crippen LogP contribution >= 0.6 is 0 Å². The molecule has 0 aromatic carbocycles. The van der Waals surface area contributed by atoms with Gasteiger partial charge in [-0.05, 0) is 31.5 Å². The number of halogens is 1. The van der Waals surface area contributed by atoms with E-state index in [0.717, 1.165) is 18.5 Å². The summed E-state index contributed by atoms with van der Waals surface area (Å²) in [5.41, 5.74) is 0.757. The molecule has 1 heterocycles. The van der Waals surface area contributed by atoms with Gasteiger partial charge in [0.25, 0.3) is 0 Å². The van der Waals surface area contributed by atoms with Crippen LogP contribution in [0, 0.1) is 5.82 Å². The van der Waals surface area contributed by atoms with Crippen LogP contribution in [0.2, 0.25) is 0 Å². The van der Waals surface area contributed by atoms with Crippen molar-refractivity contribution < 1.29 is 13.9 Å². The first kappa shape index (κ1) is 14.6. The number of esters is 1. The summed E-state index contributed by atoms with van der Waals surface area (Å²) in [6, 6.07) is 1.43. The maximum absolute atomic E-state index is 13.0. The highest BCUT2D eigenvalue weighted by atomic mass is 19.1. The van der Waals surface area contributed by atoms with Crippen molar-refractivity contribution in [3.05, 3.63) is 29.8 Å². The van der Waals surface area contributed by atoms with E-state index >= 15 is 0 Å². The van der Waals surface area contributed by atoms with Crippen molar-refractivity contribution in [2.45, 2.75) is 26.8 Å². The summed E-state index contributed by atoms with van der Waals surface area (Å²) >= 11 is 0. The molecule has 0 spiro atoms. The number of carbonyl (C=O) groups excluding carboxylic acids is 1. The highest BCUT2D eigenvalue weighted by Gasteiger charge is 2.11. The molecular weight excluding hydrogens is 235 g/mol. The van der Waals surface area contributed by atoms with Crippen molar-refractivity contribution in [2.24, 2.45) is 0 Å². The molecule has 0 aliphatic heterocycles. The summed E-state index contributed by atoms with van der Waals surface area (Å²) in [4.78, 5) is 17.2. The summed E-state index contributed by atoms with van der Waals surface area (Å²) in [5.74, 6) is -0.615. The molecule has 0 atom stereocenters. The van der Waals surface area contributed by atoms with Crippen LogP contribution in [0.5, 0.6) is 0 Å². The van der Waals surface area contributed by atoms with Crippen molar-refractivity contribution in [1.29, 1.82) is 0 Å². The highest BCUT2D eigenvalue weighted by molar-refractivity contribution is 5.71. The molecule has 0 N–H and O–H groups in total. The van der Waals surface area contributed by atoms with E-state index in [-0.39, 0.29) is 18.3 Å². The molecule has 0 radical (unpaired) electrons. The average molecular weight is 254 g/mol. The Kier molecular flexibility index (Phi) is 6.28. The monoisotopic (exact) mass is 254 g/mol. The first-order chi connectivity index (χ1) is 8.65. The van der Waals surface area contributed by atoms with Gasteiger partial charge in [0.2, 0.25) is 0 Å². The minimum atomic E-state index is -0.361. The number of hydrogen-bond acceptors (Lipinski definition) is 4. The predicted octanol–water partition coefficient (Wildman–Crippen LogP) is 2.00. The first-order valence-corrected chi connectivity index (χ1v) is 6.13. The second-order valence-electron chi connectivity index (χ2n) is 4.03. The molecular formula is C13H19FN2O2. The van der Waals surface area contributed by atoms with Crippen LogP contribution in [0.25, 0.3) is 0 Å². The van der Waals surface area contributed by atoms with Gasteiger partial charge in [0, 0.05) is 12.7 Å². The van der Waals surface area contributed by atoms with Gasteiger partial charge in [0.05, 0.1) is 19.3 Å². The van der Waals surface area contributed by atoms with Gasteiger partial charge in [-0.25, -0.2) is 4.39 Å². The van der Waals surface area contributed by atoms with E-state index in [9.17, 15) is 9.18 Å². The van der Waals surface area contributed by atoms with Crippen molar-refractivity contribution in [1.82, 2.24) is 9.88 Å². The van der Waals surface area contributed by atoms with Crippen molar-refractivity contribution >= 4 is 5.97 Å². The van der Waals surface area contributed by atoms with Gasteiger partial charge in [-0.15, -0.1) is 0 Å². The fraction of sp³-hybridized carbons (Fsp3) is 0.538. The molecule has 100 valence electrons. The van der Waals surface area contributed by atoms with E-state index in [1.165, 1.54) is 12.3 Å². The number of aromatic nitrogens is 1. The van der Waals surface area contributed by atoms with Crippen molar-refractivity contribution in [3.63, 3.8) is 0 Å². The van der Waals surface area contributed by atoms with Gasteiger partial charge in [0.1, 0.15) is 5.82 Å². The maximum Gasteiger partial charge on any atom is 0.320 e. The van der Waals surface area contributed by atoms with Crippen molar-refractivity contribution in [2.75, 3.05) is 19.7 Å². The van der Waals surface area contributed by atoms with Gasteiger partial charge in [-0.1, -0.05) is 6.92 Å². The number of hydrogen-bond donors (Lipinski definition) is 0. The third kappa shape index (κ3) is 5.23. The topological polar surface area (TPSA) is 42.4 Å². The Hall–Kier alpha value is -1.49. The Morgan fingerprint density at radius 1 is 1.44 bits per heavy atom. The van der Waals surface area contributed by atoms with E-state index in [4.69, 9.17) is 4.74 Å². The number of ether oxygens (including phenoxy) is 1. The zero-order chi connectivity index (χ0) is 13.4. The van der Waals surface area contributed by atoms with Crippen LogP contribution in [0.15, 0.2) is 18.5 Å². The lowest BCUT2D eigenvalue weighted by Gasteiger charge is -2.20. The average Bonchev–Trinajstić information content (AvgIpc) is 2.29. The third-order valence-corrected chi connectivity index (χ3v) is 2.37. The minimum Gasteiger partial charge on any atom is -0.465 e. The van der Waals surface area contributed by atoms with E-state index < -0.39 is 0 Å². The maximum atomic E-state index is 13.0. The van der Waals surface area contributed by atoms with Crippen LogP contribution in [0.1, 0.15) is 25.8 Å².